The predicted octanol–water partition coefficient (Wildman–Crippen LogP) is 0.0652. The molecule has 0 aromatic heterocycles. The van der Waals surface area contributed by atoms with Crippen LogP contribution in [0.2, 0.25) is 0 Å². The summed E-state index contributed by atoms with van der Waals surface area (Å²) in [5.74, 6) is 0.0457. The van der Waals surface area contributed by atoms with Crippen LogP contribution in [0.15, 0.2) is 0 Å². The predicted molar refractivity (Wildman–Crippen MR) is 66.6 cm³/mol. The van der Waals surface area contributed by atoms with Gasteiger partial charge in [-0.1, -0.05) is 6.92 Å². The molecule has 0 aliphatic carbocycles. The Bertz CT molecular complexity index is 273. The van der Waals surface area contributed by atoms with Crippen molar-refractivity contribution in [3.05, 3.63) is 0 Å². The Morgan fingerprint density at radius 3 is 2.53 bits per heavy atom. The maximum absolute atomic E-state index is 12.2. The van der Waals surface area contributed by atoms with Crippen LogP contribution >= 0.6 is 0 Å². The molecule has 1 unspecified atom stereocenters. The van der Waals surface area contributed by atoms with Gasteiger partial charge in [0.15, 0.2) is 0 Å². The van der Waals surface area contributed by atoms with Gasteiger partial charge in [0.1, 0.15) is 0 Å². The minimum Gasteiger partial charge on any atom is -0.347 e. The molecule has 98 valence electrons. The summed E-state index contributed by atoms with van der Waals surface area (Å²) in [6.45, 7) is 3.76. The highest BCUT2D eigenvalue weighted by molar-refractivity contribution is 5.87. The van der Waals surface area contributed by atoms with E-state index in [1.165, 1.54) is 4.90 Å². The highest BCUT2D eigenvalue weighted by atomic mass is 16.2. The van der Waals surface area contributed by atoms with E-state index in [9.17, 15) is 9.59 Å². The Morgan fingerprint density at radius 1 is 1.35 bits per heavy atom. The number of carbonyl (C=O) groups excluding carboxylic acids is 2. The average molecular weight is 241 g/mol. The van der Waals surface area contributed by atoms with Crippen molar-refractivity contribution in [3.63, 3.8) is 0 Å². The first-order valence-corrected chi connectivity index (χ1v) is 6.28. The van der Waals surface area contributed by atoms with Gasteiger partial charge in [-0.25, -0.2) is 0 Å². The summed E-state index contributed by atoms with van der Waals surface area (Å²) in [6.07, 6.45) is 2.80. The van der Waals surface area contributed by atoms with E-state index in [0.717, 1.165) is 25.8 Å². The fourth-order valence-electron chi connectivity index (χ4n) is 1.96. The van der Waals surface area contributed by atoms with Crippen molar-refractivity contribution < 1.29 is 9.59 Å². The van der Waals surface area contributed by atoms with Gasteiger partial charge < -0.3 is 15.1 Å². The molecule has 0 aromatic carbocycles. The fourth-order valence-corrected chi connectivity index (χ4v) is 1.96. The minimum atomic E-state index is -0.0866. The van der Waals surface area contributed by atoms with E-state index in [4.69, 9.17) is 0 Å². The number of amides is 2. The molecule has 1 atom stereocenters. The van der Waals surface area contributed by atoms with Crippen molar-refractivity contribution >= 4 is 11.8 Å². The van der Waals surface area contributed by atoms with Gasteiger partial charge in [0, 0.05) is 20.6 Å². The lowest BCUT2D eigenvalue weighted by Crippen LogP contribution is -2.47. The van der Waals surface area contributed by atoms with E-state index < -0.39 is 0 Å². The molecule has 0 saturated carbocycles. The minimum absolute atomic E-state index is 0.0233. The second-order valence-electron chi connectivity index (χ2n) is 4.70. The molecule has 0 aromatic rings. The summed E-state index contributed by atoms with van der Waals surface area (Å²) < 4.78 is 0. The van der Waals surface area contributed by atoms with E-state index in [2.05, 4.69) is 5.32 Å². The van der Waals surface area contributed by atoms with Crippen LogP contribution in [0.3, 0.4) is 0 Å². The van der Waals surface area contributed by atoms with Gasteiger partial charge in [-0.15, -0.1) is 0 Å². The molecule has 17 heavy (non-hydrogen) atoms. The molecule has 1 aliphatic heterocycles. The van der Waals surface area contributed by atoms with E-state index in [1.54, 1.807) is 19.0 Å². The molecule has 5 nitrogen and oxygen atoms in total. The Morgan fingerprint density at radius 2 is 2.06 bits per heavy atom. The number of hydrogen-bond acceptors (Lipinski definition) is 3. The van der Waals surface area contributed by atoms with Crippen molar-refractivity contribution in [2.24, 2.45) is 0 Å². The third-order valence-corrected chi connectivity index (χ3v) is 2.99. The zero-order valence-corrected chi connectivity index (χ0v) is 11.0. The Balaban J connectivity index is 2.57. The molecule has 1 rings (SSSR count). The van der Waals surface area contributed by atoms with E-state index in [1.807, 2.05) is 6.92 Å². The zero-order valence-electron chi connectivity index (χ0n) is 11.0. The second kappa shape index (κ2) is 6.59. The zero-order chi connectivity index (χ0) is 12.8. The molecule has 1 fully saturated rings. The van der Waals surface area contributed by atoms with Crippen molar-refractivity contribution in [1.29, 1.82) is 0 Å². The molecule has 1 heterocycles. The largest absolute Gasteiger partial charge is 0.347 e. The van der Waals surface area contributed by atoms with Crippen molar-refractivity contribution in [3.8, 4) is 0 Å². The normalized spacial score (nSPS) is 19.1. The SMILES string of the molecule is CCCN(CC(=O)N(C)C)C(=O)C1CCCN1. The summed E-state index contributed by atoms with van der Waals surface area (Å²) in [5.41, 5.74) is 0. The Labute approximate surface area is 103 Å². The fraction of sp³-hybridized carbons (Fsp3) is 0.833. The molecule has 1 saturated heterocycles. The molecule has 5 heteroatoms. The average Bonchev–Trinajstić information content (AvgIpc) is 2.80. The maximum Gasteiger partial charge on any atom is 0.241 e. The first-order valence-electron chi connectivity index (χ1n) is 6.28. The van der Waals surface area contributed by atoms with Gasteiger partial charge in [-0.05, 0) is 25.8 Å². The lowest BCUT2D eigenvalue weighted by Gasteiger charge is -2.26. The molecule has 1 aliphatic rings. The number of likely N-dealkylation sites (N-methyl/N-ethyl adjacent to an activating group) is 1. The van der Waals surface area contributed by atoms with Gasteiger partial charge in [-0.2, -0.15) is 0 Å². The van der Waals surface area contributed by atoms with Gasteiger partial charge in [0.25, 0.3) is 0 Å². The number of carbonyl (C=O) groups is 2. The number of rotatable bonds is 5. The standard InChI is InChI=1S/C12H23N3O2/c1-4-8-15(9-11(16)14(2)3)12(17)10-6-5-7-13-10/h10,13H,4-9H2,1-3H3. The summed E-state index contributed by atoms with van der Waals surface area (Å²) >= 11 is 0. The van der Waals surface area contributed by atoms with Crippen LogP contribution in [-0.2, 0) is 9.59 Å². The highest BCUT2D eigenvalue weighted by Gasteiger charge is 2.27. The molecule has 0 radical (unpaired) electrons. The monoisotopic (exact) mass is 241 g/mol. The first-order chi connectivity index (χ1) is 8.06. The Hall–Kier alpha value is -1.10. The van der Waals surface area contributed by atoms with Crippen LogP contribution in [0.1, 0.15) is 26.2 Å². The summed E-state index contributed by atoms with van der Waals surface area (Å²) in [7, 11) is 3.43. The maximum atomic E-state index is 12.2. The molecular weight excluding hydrogens is 218 g/mol. The van der Waals surface area contributed by atoms with Crippen molar-refractivity contribution in [1.82, 2.24) is 15.1 Å². The first kappa shape index (κ1) is 14.0. The van der Waals surface area contributed by atoms with Gasteiger partial charge in [0.05, 0.1) is 12.6 Å². The van der Waals surface area contributed by atoms with Crippen LogP contribution in [0.25, 0.3) is 0 Å². The van der Waals surface area contributed by atoms with Gasteiger partial charge >= 0.3 is 0 Å². The molecule has 2 amide bonds. The lowest BCUT2D eigenvalue weighted by molar-refractivity contribution is -0.140. The van der Waals surface area contributed by atoms with Crippen LogP contribution < -0.4 is 5.32 Å². The number of nitrogens with one attached hydrogen (secondary N) is 1. The van der Waals surface area contributed by atoms with E-state index in [0.29, 0.717) is 6.54 Å². The number of hydrogen-bond donors (Lipinski definition) is 1. The lowest BCUT2D eigenvalue weighted by atomic mass is 10.2. The summed E-state index contributed by atoms with van der Waals surface area (Å²) in [4.78, 5) is 27.0. The molecule has 1 N–H and O–H groups in total. The molecule has 0 spiro atoms. The molecular formula is C12H23N3O2. The van der Waals surface area contributed by atoms with Crippen molar-refractivity contribution in [2.75, 3.05) is 33.7 Å². The third-order valence-electron chi connectivity index (χ3n) is 2.99. The Kier molecular flexibility index (Phi) is 5.41. The van der Waals surface area contributed by atoms with Gasteiger partial charge in [-0.3, -0.25) is 9.59 Å². The van der Waals surface area contributed by atoms with E-state index in [-0.39, 0.29) is 24.4 Å². The van der Waals surface area contributed by atoms with E-state index >= 15 is 0 Å². The number of nitrogens with zero attached hydrogens (tertiary/aromatic N) is 2. The molecule has 0 bridgehead atoms. The van der Waals surface area contributed by atoms with Crippen LogP contribution in [0.5, 0.6) is 0 Å². The summed E-state index contributed by atoms with van der Waals surface area (Å²) in [6, 6.07) is -0.0866. The third kappa shape index (κ3) is 4.00. The second-order valence-corrected chi connectivity index (χ2v) is 4.70. The summed E-state index contributed by atoms with van der Waals surface area (Å²) in [5, 5.41) is 3.18. The van der Waals surface area contributed by atoms with Crippen LogP contribution in [0.4, 0.5) is 0 Å². The smallest absolute Gasteiger partial charge is 0.241 e. The van der Waals surface area contributed by atoms with Gasteiger partial charge in [0.2, 0.25) is 11.8 Å². The van der Waals surface area contributed by atoms with Crippen molar-refractivity contribution in [2.45, 2.75) is 32.2 Å². The highest BCUT2D eigenvalue weighted by Crippen LogP contribution is 2.09. The van der Waals surface area contributed by atoms with Crippen LogP contribution in [0, 0.1) is 0 Å². The van der Waals surface area contributed by atoms with Crippen LogP contribution in [-0.4, -0.2) is 61.4 Å². The topological polar surface area (TPSA) is 52.7 Å². The quantitative estimate of drug-likeness (QED) is 0.741.